The molecule has 0 amide bonds. The van der Waals surface area contributed by atoms with Gasteiger partial charge in [-0.25, -0.2) is 9.97 Å². The molecular weight excluding hydrogens is 236 g/mol. The molecule has 0 unspecified atom stereocenters. The van der Waals surface area contributed by atoms with Gasteiger partial charge in [0.2, 0.25) is 5.78 Å². The Morgan fingerprint density at radius 2 is 2.05 bits per heavy atom. The maximum absolute atomic E-state index is 5.60. The summed E-state index contributed by atoms with van der Waals surface area (Å²) in [6.45, 7) is 4.64. The van der Waals surface area contributed by atoms with Crippen LogP contribution in [0.3, 0.4) is 0 Å². The zero-order valence-corrected chi connectivity index (χ0v) is 11.1. The van der Waals surface area contributed by atoms with E-state index in [0.717, 1.165) is 11.3 Å². The number of hydrogen-bond acceptors (Lipinski definition) is 3. The third kappa shape index (κ3) is 2.11. The Kier molecular flexibility index (Phi) is 2.80. The highest BCUT2D eigenvalue weighted by Crippen LogP contribution is 2.24. The largest absolute Gasteiger partial charge is 0.325 e. The van der Waals surface area contributed by atoms with Gasteiger partial charge in [0, 0.05) is 30.7 Å². The van der Waals surface area contributed by atoms with E-state index in [0.29, 0.717) is 12.3 Å². The van der Waals surface area contributed by atoms with Gasteiger partial charge in [0.05, 0.1) is 5.69 Å². The lowest BCUT2D eigenvalue weighted by molar-refractivity contribution is 1.01. The first-order valence-electron chi connectivity index (χ1n) is 6.28. The van der Waals surface area contributed by atoms with Crippen molar-refractivity contribution in [3.63, 3.8) is 0 Å². The van der Waals surface area contributed by atoms with Crippen LogP contribution in [0.15, 0.2) is 36.8 Å². The van der Waals surface area contributed by atoms with Gasteiger partial charge in [0.15, 0.2) is 0 Å². The monoisotopic (exact) mass is 252 g/mol. The summed E-state index contributed by atoms with van der Waals surface area (Å²) in [6.07, 6.45) is 5.84. The number of aryl methyl sites for hydroxylation is 2. The van der Waals surface area contributed by atoms with Gasteiger partial charge in [-0.05, 0) is 25.0 Å². The average Bonchev–Trinajstić information content (AvgIpc) is 2.83. The van der Waals surface area contributed by atoms with Crippen molar-refractivity contribution in [2.24, 2.45) is 5.73 Å². The molecule has 3 rings (SSSR count). The van der Waals surface area contributed by atoms with Crippen molar-refractivity contribution in [2.75, 3.05) is 0 Å². The summed E-state index contributed by atoms with van der Waals surface area (Å²) in [5.74, 6) is 0.689. The maximum Gasteiger partial charge on any atom is 0.233 e. The van der Waals surface area contributed by atoms with Gasteiger partial charge >= 0.3 is 0 Å². The molecule has 4 nitrogen and oxygen atoms in total. The van der Waals surface area contributed by atoms with Crippen molar-refractivity contribution >= 4 is 5.78 Å². The molecular formula is C15H16N4. The summed E-state index contributed by atoms with van der Waals surface area (Å²) < 4.78 is 1.93. The minimum absolute atomic E-state index is 0.433. The van der Waals surface area contributed by atoms with Gasteiger partial charge in [0.25, 0.3) is 0 Å². The van der Waals surface area contributed by atoms with E-state index in [1.165, 1.54) is 16.7 Å². The van der Waals surface area contributed by atoms with Crippen molar-refractivity contribution in [3.8, 4) is 11.1 Å². The van der Waals surface area contributed by atoms with Crippen LogP contribution in [0, 0.1) is 13.8 Å². The molecule has 96 valence electrons. The van der Waals surface area contributed by atoms with Crippen LogP contribution in [-0.4, -0.2) is 14.4 Å². The second-order valence-corrected chi connectivity index (χ2v) is 4.80. The van der Waals surface area contributed by atoms with Crippen LogP contribution in [0.5, 0.6) is 0 Å². The lowest BCUT2D eigenvalue weighted by Gasteiger charge is -2.07. The normalized spacial score (nSPS) is 11.1. The van der Waals surface area contributed by atoms with Crippen LogP contribution < -0.4 is 5.73 Å². The van der Waals surface area contributed by atoms with E-state index in [1.807, 2.05) is 16.8 Å². The lowest BCUT2D eigenvalue weighted by atomic mass is 10.0. The topological polar surface area (TPSA) is 56.2 Å². The van der Waals surface area contributed by atoms with Crippen LogP contribution in [0.2, 0.25) is 0 Å². The molecule has 2 aromatic heterocycles. The highest BCUT2D eigenvalue weighted by Gasteiger charge is 2.06. The number of benzene rings is 1. The predicted octanol–water partition coefficient (Wildman–Crippen LogP) is 2.47. The third-order valence-corrected chi connectivity index (χ3v) is 3.27. The fourth-order valence-corrected chi connectivity index (χ4v) is 2.22. The molecule has 19 heavy (non-hydrogen) atoms. The Bertz CT molecular complexity index is 743. The smallest absolute Gasteiger partial charge is 0.233 e. The van der Waals surface area contributed by atoms with Crippen molar-refractivity contribution in [2.45, 2.75) is 20.4 Å². The Labute approximate surface area is 111 Å². The molecule has 2 N–H and O–H groups in total. The Balaban J connectivity index is 2.16. The van der Waals surface area contributed by atoms with Gasteiger partial charge in [-0.3, -0.25) is 4.40 Å². The molecule has 0 spiro atoms. The maximum atomic E-state index is 5.60. The van der Waals surface area contributed by atoms with Gasteiger partial charge in [-0.15, -0.1) is 0 Å². The van der Waals surface area contributed by atoms with E-state index in [9.17, 15) is 0 Å². The van der Waals surface area contributed by atoms with Crippen LogP contribution in [-0.2, 0) is 6.54 Å². The van der Waals surface area contributed by atoms with Crippen molar-refractivity contribution in [3.05, 3.63) is 53.6 Å². The Hall–Kier alpha value is -2.20. The first-order valence-corrected chi connectivity index (χ1v) is 6.28. The van der Waals surface area contributed by atoms with Gasteiger partial charge < -0.3 is 5.73 Å². The number of nitrogens with two attached hydrogens (primary N) is 1. The third-order valence-electron chi connectivity index (χ3n) is 3.27. The van der Waals surface area contributed by atoms with Gasteiger partial charge in [-0.1, -0.05) is 23.8 Å². The van der Waals surface area contributed by atoms with E-state index in [1.54, 1.807) is 0 Å². The van der Waals surface area contributed by atoms with E-state index in [2.05, 4.69) is 48.2 Å². The minimum Gasteiger partial charge on any atom is -0.325 e. The van der Waals surface area contributed by atoms with Crippen molar-refractivity contribution < 1.29 is 0 Å². The molecule has 0 saturated carbocycles. The Morgan fingerprint density at radius 3 is 2.84 bits per heavy atom. The van der Waals surface area contributed by atoms with Crippen molar-refractivity contribution in [1.29, 1.82) is 0 Å². The van der Waals surface area contributed by atoms with Crippen LogP contribution in [0.1, 0.15) is 16.8 Å². The number of fused-ring (bicyclic) bond motifs is 1. The summed E-state index contributed by atoms with van der Waals surface area (Å²) in [7, 11) is 0. The number of hydrogen-bond donors (Lipinski definition) is 1. The molecule has 0 aliphatic rings. The summed E-state index contributed by atoms with van der Waals surface area (Å²) >= 11 is 0. The first kappa shape index (κ1) is 11.9. The molecule has 4 heteroatoms. The fraction of sp³-hybridized carbons (Fsp3) is 0.200. The second kappa shape index (κ2) is 4.48. The average molecular weight is 252 g/mol. The number of nitrogens with zero attached hydrogens (tertiary/aromatic N) is 3. The lowest BCUT2D eigenvalue weighted by Crippen LogP contribution is -1.95. The minimum atomic E-state index is 0.433. The molecule has 1 aromatic carbocycles. The number of rotatable bonds is 2. The zero-order valence-electron chi connectivity index (χ0n) is 11.1. The molecule has 0 aliphatic heterocycles. The Morgan fingerprint density at radius 1 is 1.21 bits per heavy atom. The molecule has 0 saturated heterocycles. The van der Waals surface area contributed by atoms with E-state index >= 15 is 0 Å². The van der Waals surface area contributed by atoms with Crippen LogP contribution >= 0.6 is 0 Å². The summed E-state index contributed by atoms with van der Waals surface area (Å²) in [5, 5.41) is 0. The quantitative estimate of drug-likeness (QED) is 0.762. The summed E-state index contributed by atoms with van der Waals surface area (Å²) in [6, 6.07) is 6.43. The van der Waals surface area contributed by atoms with E-state index in [4.69, 9.17) is 5.73 Å². The first-order chi connectivity index (χ1) is 9.17. The standard InChI is InChI=1S/C15H16N4/c1-10-3-4-11(2)14(5-10)12-7-17-15-18-13(6-16)9-19(15)8-12/h3-5,7-9H,6,16H2,1-2H3. The predicted molar refractivity (Wildman–Crippen MR) is 75.8 cm³/mol. The van der Waals surface area contributed by atoms with Gasteiger partial charge in [0.1, 0.15) is 0 Å². The summed E-state index contributed by atoms with van der Waals surface area (Å²) in [5.41, 5.74) is 11.2. The van der Waals surface area contributed by atoms with Crippen molar-refractivity contribution in [1.82, 2.24) is 14.4 Å². The van der Waals surface area contributed by atoms with Crippen LogP contribution in [0.25, 0.3) is 16.9 Å². The molecule has 0 atom stereocenters. The second-order valence-electron chi connectivity index (χ2n) is 4.80. The molecule has 0 aliphatic carbocycles. The molecule has 0 radical (unpaired) electrons. The van der Waals surface area contributed by atoms with Crippen LogP contribution in [0.4, 0.5) is 0 Å². The number of imidazole rings is 1. The van der Waals surface area contributed by atoms with Gasteiger partial charge in [-0.2, -0.15) is 0 Å². The zero-order chi connectivity index (χ0) is 13.4. The number of aromatic nitrogens is 3. The fourth-order valence-electron chi connectivity index (χ4n) is 2.22. The van der Waals surface area contributed by atoms with E-state index < -0.39 is 0 Å². The molecule has 0 fully saturated rings. The summed E-state index contributed by atoms with van der Waals surface area (Å²) in [4.78, 5) is 8.73. The van der Waals surface area contributed by atoms with E-state index in [-0.39, 0.29) is 0 Å². The molecule has 3 aromatic rings. The molecule has 2 heterocycles. The highest BCUT2D eigenvalue weighted by molar-refractivity contribution is 5.67. The highest BCUT2D eigenvalue weighted by atomic mass is 15.1. The molecule has 0 bridgehead atoms. The SMILES string of the molecule is Cc1ccc(C)c(-c2cnc3nc(CN)cn3c2)c1.